The monoisotopic (exact) mass is 332 g/mol. The van der Waals surface area contributed by atoms with Crippen LogP contribution in [0.15, 0.2) is 36.7 Å². The van der Waals surface area contributed by atoms with Crippen LogP contribution in [-0.4, -0.2) is 34.8 Å². The van der Waals surface area contributed by atoms with E-state index in [-0.39, 0.29) is 11.9 Å². The van der Waals surface area contributed by atoms with Crippen LogP contribution >= 0.6 is 11.6 Å². The van der Waals surface area contributed by atoms with Gasteiger partial charge in [-0.25, -0.2) is 0 Å². The van der Waals surface area contributed by atoms with Crippen LogP contribution in [-0.2, 0) is 11.8 Å². The minimum absolute atomic E-state index is 0.122. The van der Waals surface area contributed by atoms with Crippen molar-refractivity contribution < 1.29 is 4.79 Å². The molecule has 2 atom stereocenters. The summed E-state index contributed by atoms with van der Waals surface area (Å²) < 4.78 is 1.71. The molecule has 0 bridgehead atoms. The van der Waals surface area contributed by atoms with E-state index < -0.39 is 0 Å². The molecule has 1 aliphatic heterocycles. The topological polar surface area (TPSA) is 50.2 Å². The predicted octanol–water partition coefficient (Wildman–Crippen LogP) is 2.57. The number of aromatic nitrogens is 2. The van der Waals surface area contributed by atoms with Crippen LogP contribution in [0.1, 0.15) is 24.8 Å². The maximum absolute atomic E-state index is 12.5. The second-order valence-corrected chi connectivity index (χ2v) is 6.50. The van der Waals surface area contributed by atoms with Gasteiger partial charge in [0.25, 0.3) is 0 Å². The number of halogens is 1. The highest BCUT2D eigenvalue weighted by atomic mass is 35.5. The van der Waals surface area contributed by atoms with E-state index in [1.807, 2.05) is 31.4 Å². The van der Waals surface area contributed by atoms with Crippen molar-refractivity contribution in [2.75, 3.05) is 18.0 Å². The van der Waals surface area contributed by atoms with E-state index in [1.165, 1.54) is 5.56 Å². The Bertz CT molecular complexity index is 699. The van der Waals surface area contributed by atoms with E-state index in [0.29, 0.717) is 5.92 Å². The van der Waals surface area contributed by atoms with Crippen LogP contribution in [0, 0.1) is 0 Å². The van der Waals surface area contributed by atoms with Gasteiger partial charge >= 0.3 is 0 Å². The lowest BCUT2D eigenvalue weighted by atomic mass is 10.0. The van der Waals surface area contributed by atoms with E-state index >= 15 is 0 Å². The number of amides is 1. The third-order valence-electron chi connectivity index (χ3n) is 4.30. The molecule has 1 amide bonds. The molecule has 0 unspecified atom stereocenters. The molecule has 1 aromatic heterocycles. The van der Waals surface area contributed by atoms with Gasteiger partial charge in [0.2, 0.25) is 5.91 Å². The molecule has 122 valence electrons. The number of hydrogen-bond donors (Lipinski definition) is 1. The molecule has 1 saturated heterocycles. The number of rotatable bonds is 5. The number of carbonyl (C=O) groups excluding carboxylic acids is 1. The average molecular weight is 333 g/mol. The fourth-order valence-electron chi connectivity index (χ4n) is 2.92. The molecule has 1 fully saturated rings. The summed E-state index contributed by atoms with van der Waals surface area (Å²) in [5, 5.41) is 8.27. The van der Waals surface area contributed by atoms with E-state index in [1.54, 1.807) is 15.8 Å². The van der Waals surface area contributed by atoms with E-state index in [4.69, 9.17) is 11.6 Å². The number of hydrogen-bond acceptors (Lipinski definition) is 3. The number of anilines is 1. The SMILES string of the molecule is C[C@H](CN[C@@H]1CCN(c2cnn(C)c2)C1=O)c1cccc(Cl)c1. The molecule has 1 N–H and O–H groups in total. The molecule has 0 radical (unpaired) electrons. The highest BCUT2D eigenvalue weighted by molar-refractivity contribution is 6.30. The molecular formula is C17H21ClN4O. The lowest BCUT2D eigenvalue weighted by Gasteiger charge is -2.18. The zero-order chi connectivity index (χ0) is 16.4. The van der Waals surface area contributed by atoms with E-state index in [0.717, 1.165) is 30.2 Å². The summed E-state index contributed by atoms with van der Waals surface area (Å²) in [4.78, 5) is 14.3. The molecule has 5 nitrogen and oxygen atoms in total. The van der Waals surface area contributed by atoms with Crippen LogP contribution in [0.2, 0.25) is 5.02 Å². The Morgan fingerprint density at radius 2 is 2.30 bits per heavy atom. The lowest BCUT2D eigenvalue weighted by molar-refractivity contribution is -0.118. The summed E-state index contributed by atoms with van der Waals surface area (Å²) >= 11 is 6.04. The Labute approximate surface area is 141 Å². The van der Waals surface area contributed by atoms with Crippen molar-refractivity contribution in [2.45, 2.75) is 25.3 Å². The standard InChI is InChI=1S/C17H21ClN4O/c1-12(13-4-3-5-14(18)8-13)9-19-16-6-7-22(17(16)23)15-10-20-21(2)11-15/h3-5,8,10-12,16,19H,6-7,9H2,1-2H3/t12-,16-/m1/s1. The molecule has 0 spiro atoms. The first kappa shape index (κ1) is 16.0. The summed E-state index contributed by atoms with van der Waals surface area (Å²) in [5.74, 6) is 0.422. The molecule has 3 rings (SSSR count). The minimum atomic E-state index is -0.128. The van der Waals surface area contributed by atoms with E-state index in [2.05, 4.69) is 23.4 Å². The minimum Gasteiger partial charge on any atom is -0.308 e. The largest absolute Gasteiger partial charge is 0.308 e. The van der Waals surface area contributed by atoms with Gasteiger partial charge in [0.05, 0.1) is 17.9 Å². The number of benzene rings is 1. The summed E-state index contributed by atoms with van der Waals surface area (Å²) in [7, 11) is 1.85. The first-order chi connectivity index (χ1) is 11.0. The van der Waals surface area contributed by atoms with Gasteiger partial charge in [-0.1, -0.05) is 30.7 Å². The number of carbonyl (C=O) groups is 1. The zero-order valence-electron chi connectivity index (χ0n) is 13.4. The van der Waals surface area contributed by atoms with Crippen LogP contribution in [0.3, 0.4) is 0 Å². The Balaban J connectivity index is 1.58. The highest BCUT2D eigenvalue weighted by Crippen LogP contribution is 2.22. The molecule has 0 saturated carbocycles. The van der Waals surface area contributed by atoms with Gasteiger partial charge in [-0.05, 0) is 30.0 Å². The van der Waals surface area contributed by atoms with Crippen LogP contribution < -0.4 is 10.2 Å². The van der Waals surface area contributed by atoms with Gasteiger partial charge < -0.3 is 10.2 Å². The fourth-order valence-corrected chi connectivity index (χ4v) is 3.12. The third kappa shape index (κ3) is 3.57. The quantitative estimate of drug-likeness (QED) is 0.915. The molecule has 0 aliphatic carbocycles. The second-order valence-electron chi connectivity index (χ2n) is 6.07. The summed E-state index contributed by atoms with van der Waals surface area (Å²) in [6.45, 7) is 3.61. The Morgan fingerprint density at radius 1 is 1.48 bits per heavy atom. The second kappa shape index (κ2) is 6.72. The van der Waals surface area contributed by atoms with Crippen molar-refractivity contribution in [2.24, 2.45) is 7.05 Å². The molecule has 6 heteroatoms. The Hall–Kier alpha value is -1.85. The van der Waals surface area contributed by atoms with Crippen LogP contribution in [0.4, 0.5) is 5.69 Å². The van der Waals surface area contributed by atoms with Gasteiger partial charge in [-0.2, -0.15) is 5.10 Å². The van der Waals surface area contributed by atoms with Gasteiger partial charge in [0, 0.05) is 31.4 Å². The molecular weight excluding hydrogens is 312 g/mol. The Kier molecular flexibility index (Phi) is 4.68. The summed E-state index contributed by atoms with van der Waals surface area (Å²) in [6.07, 6.45) is 4.42. The summed E-state index contributed by atoms with van der Waals surface area (Å²) in [5.41, 5.74) is 2.05. The van der Waals surface area contributed by atoms with Gasteiger partial charge in [-0.15, -0.1) is 0 Å². The van der Waals surface area contributed by atoms with Gasteiger partial charge in [0.1, 0.15) is 0 Å². The Morgan fingerprint density at radius 3 is 3.00 bits per heavy atom. The number of nitrogens with one attached hydrogen (secondary N) is 1. The van der Waals surface area contributed by atoms with Gasteiger partial charge in [0.15, 0.2) is 0 Å². The molecule has 1 aliphatic rings. The highest BCUT2D eigenvalue weighted by Gasteiger charge is 2.32. The van der Waals surface area contributed by atoms with Crippen molar-refractivity contribution in [3.63, 3.8) is 0 Å². The maximum atomic E-state index is 12.5. The molecule has 2 aromatic rings. The number of nitrogens with zero attached hydrogens (tertiary/aromatic N) is 3. The van der Waals surface area contributed by atoms with Crippen LogP contribution in [0.5, 0.6) is 0 Å². The summed E-state index contributed by atoms with van der Waals surface area (Å²) in [6, 6.07) is 7.75. The zero-order valence-corrected chi connectivity index (χ0v) is 14.1. The normalized spacial score (nSPS) is 19.3. The smallest absolute Gasteiger partial charge is 0.244 e. The maximum Gasteiger partial charge on any atom is 0.244 e. The van der Waals surface area contributed by atoms with Crippen molar-refractivity contribution in [1.82, 2.24) is 15.1 Å². The number of aryl methyl sites for hydroxylation is 1. The average Bonchev–Trinajstić information content (AvgIpc) is 3.11. The van der Waals surface area contributed by atoms with Crippen molar-refractivity contribution in [1.29, 1.82) is 0 Å². The van der Waals surface area contributed by atoms with E-state index in [9.17, 15) is 4.79 Å². The van der Waals surface area contributed by atoms with Crippen molar-refractivity contribution in [3.8, 4) is 0 Å². The third-order valence-corrected chi connectivity index (χ3v) is 4.53. The molecule has 23 heavy (non-hydrogen) atoms. The van der Waals surface area contributed by atoms with Crippen molar-refractivity contribution in [3.05, 3.63) is 47.2 Å². The first-order valence-electron chi connectivity index (χ1n) is 7.83. The van der Waals surface area contributed by atoms with Crippen molar-refractivity contribution >= 4 is 23.2 Å². The predicted molar refractivity (Wildman–Crippen MR) is 91.8 cm³/mol. The first-order valence-corrected chi connectivity index (χ1v) is 8.21. The molecule has 2 heterocycles. The lowest BCUT2D eigenvalue weighted by Crippen LogP contribution is -2.39. The van der Waals surface area contributed by atoms with Gasteiger partial charge in [-0.3, -0.25) is 9.48 Å². The fraction of sp³-hybridized carbons (Fsp3) is 0.412. The van der Waals surface area contributed by atoms with Crippen LogP contribution in [0.25, 0.3) is 0 Å². The molecule has 1 aromatic carbocycles.